The van der Waals surface area contributed by atoms with Gasteiger partial charge in [0.2, 0.25) is 0 Å². The van der Waals surface area contributed by atoms with Crippen molar-refractivity contribution in [2.75, 3.05) is 7.05 Å². The molecule has 0 fully saturated rings. The molecule has 72 valence electrons. The zero-order chi connectivity index (χ0) is 9.11. The maximum absolute atomic E-state index is 9.92. The van der Waals surface area contributed by atoms with Crippen LogP contribution in [0, 0.1) is 0 Å². The summed E-state index contributed by atoms with van der Waals surface area (Å²) in [4.78, 5) is 19.6. The van der Waals surface area contributed by atoms with E-state index in [0.717, 1.165) is 0 Å². The Morgan fingerprint density at radius 1 is 1.23 bits per heavy atom. The van der Waals surface area contributed by atoms with Crippen LogP contribution >= 0.6 is 0 Å². The summed E-state index contributed by atoms with van der Waals surface area (Å²) < 4.78 is 0. The fourth-order valence-electron chi connectivity index (χ4n) is 0.465. The molecule has 0 heterocycles. The molecule has 3 nitrogen and oxygen atoms in total. The van der Waals surface area contributed by atoms with Gasteiger partial charge in [0.05, 0.1) is 0 Å². The quantitative estimate of drug-likeness (QED) is 0.749. The average Bonchev–Trinajstić information content (AvgIpc) is 2.10. The third-order valence-corrected chi connectivity index (χ3v) is 1.03. The molecule has 0 rings (SSSR count). The second-order valence-electron chi connectivity index (χ2n) is 1.64. The van der Waals surface area contributed by atoms with Gasteiger partial charge in [-0.1, -0.05) is 26.3 Å². The standard InChI is InChI=1S/C6H9NO2.C2H6.2Y/c1-7-6(5-9)3-2-4-8;1-2;;/h6-7H,2-3H2,1H3;1-2H3;;/q-2;;;. The van der Waals surface area contributed by atoms with Gasteiger partial charge >= 0.3 is 0 Å². The topological polar surface area (TPSA) is 46.2 Å². The van der Waals surface area contributed by atoms with Crippen LogP contribution in [-0.4, -0.2) is 25.7 Å². The van der Waals surface area contributed by atoms with Crippen LogP contribution < -0.4 is 5.32 Å². The number of likely N-dealkylation sites (N-methyl/N-ethyl adjacent to an activating group) is 1. The van der Waals surface area contributed by atoms with Gasteiger partial charge in [0.1, 0.15) is 0 Å². The van der Waals surface area contributed by atoms with Crippen LogP contribution in [0.3, 0.4) is 0 Å². The minimum atomic E-state index is -0.313. The van der Waals surface area contributed by atoms with Gasteiger partial charge < -0.3 is 14.9 Å². The SMILES string of the molecule is CC.CNC([C-]=O)CC[C-]=O.[Y].[Y]. The van der Waals surface area contributed by atoms with Crippen LogP contribution in [0.5, 0.6) is 0 Å². The third kappa shape index (κ3) is 19.8. The Balaban J connectivity index is -0.0000000941. The summed E-state index contributed by atoms with van der Waals surface area (Å²) in [6.45, 7) is 4.00. The summed E-state index contributed by atoms with van der Waals surface area (Å²) in [7, 11) is 1.65. The fourth-order valence-corrected chi connectivity index (χ4v) is 0.465. The van der Waals surface area contributed by atoms with Crippen molar-refractivity contribution in [3.63, 3.8) is 0 Å². The molecule has 5 heteroatoms. The maximum atomic E-state index is 9.92. The van der Waals surface area contributed by atoms with Crippen LogP contribution in [0.25, 0.3) is 0 Å². The first-order chi connectivity index (χ1) is 5.35. The van der Waals surface area contributed by atoms with E-state index in [9.17, 15) is 9.59 Å². The van der Waals surface area contributed by atoms with Crippen molar-refractivity contribution in [1.29, 1.82) is 0 Å². The first-order valence-electron chi connectivity index (χ1n) is 3.75. The van der Waals surface area contributed by atoms with E-state index in [1.165, 1.54) is 0 Å². The second kappa shape index (κ2) is 23.4. The molecule has 1 unspecified atom stereocenters. The Hall–Kier alpha value is 1.51. The molecule has 13 heavy (non-hydrogen) atoms. The molecule has 0 aliphatic rings. The van der Waals surface area contributed by atoms with Crippen molar-refractivity contribution in [2.45, 2.75) is 32.7 Å². The number of nitrogens with one attached hydrogen (secondary N) is 1. The molecule has 0 aliphatic heterocycles. The van der Waals surface area contributed by atoms with Crippen LogP contribution in [0.4, 0.5) is 0 Å². The van der Waals surface area contributed by atoms with Gasteiger partial charge in [-0.25, -0.2) is 6.29 Å². The Morgan fingerprint density at radius 2 is 1.69 bits per heavy atom. The summed E-state index contributed by atoms with van der Waals surface area (Å²) in [6.07, 6.45) is 4.23. The molecule has 0 saturated heterocycles. The maximum Gasteiger partial charge on any atom is 0 e. The van der Waals surface area contributed by atoms with Gasteiger partial charge in [-0.15, -0.1) is 0 Å². The number of hydrogen-bond acceptors (Lipinski definition) is 3. The Morgan fingerprint density at radius 3 is 1.92 bits per heavy atom. The predicted molar refractivity (Wildman–Crippen MR) is 44.8 cm³/mol. The molecular formula is C8H15NO2Y2-2. The molecule has 0 bridgehead atoms. The molecule has 2 radical (unpaired) electrons. The summed E-state index contributed by atoms with van der Waals surface area (Å²) in [6, 6.07) is -0.313. The molecule has 1 N–H and O–H groups in total. The summed E-state index contributed by atoms with van der Waals surface area (Å²) in [5, 5.41) is 2.68. The van der Waals surface area contributed by atoms with E-state index in [2.05, 4.69) is 5.32 Å². The molecule has 0 aromatic carbocycles. The van der Waals surface area contributed by atoms with Crippen molar-refractivity contribution in [3.05, 3.63) is 0 Å². The van der Waals surface area contributed by atoms with E-state index in [-0.39, 0.29) is 71.5 Å². The zero-order valence-electron chi connectivity index (χ0n) is 8.46. The molecule has 0 aromatic heterocycles. The number of hydrogen-bond donors (Lipinski definition) is 1. The Labute approximate surface area is 131 Å². The van der Waals surface area contributed by atoms with Gasteiger partial charge in [0.25, 0.3) is 0 Å². The number of carbonyl (C=O) groups excluding carboxylic acids is 2. The van der Waals surface area contributed by atoms with Crippen molar-refractivity contribution in [1.82, 2.24) is 5.32 Å². The Kier molecular flexibility index (Phi) is 43.1. The normalized spacial score (nSPS) is 9.15. The molecule has 0 spiro atoms. The smallest absolute Gasteiger partial charge is 0 e. The summed E-state index contributed by atoms with van der Waals surface area (Å²) in [5.74, 6) is 0. The van der Waals surface area contributed by atoms with E-state index in [4.69, 9.17) is 0 Å². The van der Waals surface area contributed by atoms with E-state index in [1.54, 1.807) is 19.6 Å². The predicted octanol–water partition coefficient (Wildman–Crippen LogP) is 0.595. The van der Waals surface area contributed by atoms with Crippen molar-refractivity contribution in [3.8, 4) is 0 Å². The van der Waals surface area contributed by atoms with Gasteiger partial charge in [-0.2, -0.15) is 6.42 Å². The van der Waals surface area contributed by atoms with Gasteiger partial charge in [0, 0.05) is 65.4 Å². The molecular weight excluding hydrogens is 320 g/mol. The van der Waals surface area contributed by atoms with E-state index in [1.807, 2.05) is 13.8 Å². The minimum absolute atomic E-state index is 0. The third-order valence-electron chi connectivity index (χ3n) is 1.03. The van der Waals surface area contributed by atoms with Crippen molar-refractivity contribution in [2.24, 2.45) is 0 Å². The first kappa shape index (κ1) is 24.0. The van der Waals surface area contributed by atoms with Gasteiger partial charge in [-0.3, -0.25) is 6.29 Å². The summed E-state index contributed by atoms with van der Waals surface area (Å²) >= 11 is 0. The van der Waals surface area contributed by atoms with E-state index in [0.29, 0.717) is 12.8 Å². The van der Waals surface area contributed by atoms with Crippen LogP contribution in [-0.2, 0) is 75.0 Å². The average molecular weight is 335 g/mol. The largest absolute Gasteiger partial charge is 0.542 e. The molecule has 0 amide bonds. The molecule has 1 atom stereocenters. The van der Waals surface area contributed by atoms with Crippen LogP contribution in [0.2, 0.25) is 0 Å². The van der Waals surface area contributed by atoms with Gasteiger partial charge in [0.15, 0.2) is 0 Å². The summed E-state index contributed by atoms with van der Waals surface area (Å²) in [5.41, 5.74) is 0. The first-order valence-corrected chi connectivity index (χ1v) is 3.75. The molecule has 0 saturated carbocycles. The second-order valence-corrected chi connectivity index (χ2v) is 1.64. The van der Waals surface area contributed by atoms with Crippen molar-refractivity contribution < 1.29 is 75.0 Å². The van der Waals surface area contributed by atoms with E-state index >= 15 is 0 Å². The number of rotatable bonds is 5. The minimum Gasteiger partial charge on any atom is -0.542 e. The monoisotopic (exact) mass is 335 g/mol. The van der Waals surface area contributed by atoms with E-state index < -0.39 is 0 Å². The fraction of sp³-hybridized carbons (Fsp3) is 0.750. The van der Waals surface area contributed by atoms with Crippen LogP contribution in [0.1, 0.15) is 26.7 Å². The van der Waals surface area contributed by atoms with Crippen LogP contribution in [0.15, 0.2) is 0 Å². The van der Waals surface area contributed by atoms with Crippen molar-refractivity contribution >= 4 is 12.6 Å². The van der Waals surface area contributed by atoms with Gasteiger partial charge in [-0.05, 0) is 7.05 Å². The molecule has 0 aliphatic carbocycles. The Bertz CT molecular complexity index is 102. The zero-order valence-corrected chi connectivity index (χ0v) is 14.1. The molecule has 0 aromatic rings.